The molecule has 0 saturated carbocycles. The second-order valence-corrected chi connectivity index (χ2v) is 6.10. The Kier molecular flexibility index (Phi) is 7.41. The van der Waals surface area contributed by atoms with Gasteiger partial charge in [0, 0.05) is 23.1 Å². The fourth-order valence-corrected chi connectivity index (χ4v) is 2.49. The lowest BCUT2D eigenvalue weighted by molar-refractivity contribution is 0.548. The minimum Gasteiger partial charge on any atom is -0.209 e. The summed E-state index contributed by atoms with van der Waals surface area (Å²) in [4.78, 5) is 0. The summed E-state index contributed by atoms with van der Waals surface area (Å²) in [5, 5.41) is 0. The first-order chi connectivity index (χ1) is 12.1. The lowest BCUT2D eigenvalue weighted by Crippen LogP contribution is -1.85. The van der Waals surface area contributed by atoms with Crippen molar-refractivity contribution in [1.29, 1.82) is 0 Å². The number of halogens is 2. The number of hydrogen-bond donors (Lipinski definition) is 0. The Bertz CT molecular complexity index is 756. The quantitative estimate of drug-likeness (QED) is 0.506. The molecule has 130 valence electrons. The highest BCUT2D eigenvalue weighted by Crippen LogP contribution is 2.24. The minimum absolute atomic E-state index is 0.151. The standard InChI is InChI=1S/C23H24F2/c1-3-5-7-22(24)23(25)21-16-14-20(15-17-21)13-12-19-10-8-18(6-4-2)9-11-19/h8-11,14-17H,3-7H2,1-2H3/b23-22+. The molecule has 0 unspecified atom stereocenters. The van der Waals surface area contributed by atoms with E-state index >= 15 is 0 Å². The van der Waals surface area contributed by atoms with Gasteiger partial charge in [-0.25, -0.2) is 8.78 Å². The van der Waals surface area contributed by atoms with E-state index in [4.69, 9.17) is 0 Å². The Balaban J connectivity index is 2.08. The summed E-state index contributed by atoms with van der Waals surface area (Å²) in [6.45, 7) is 4.11. The topological polar surface area (TPSA) is 0 Å². The van der Waals surface area contributed by atoms with Gasteiger partial charge in [-0.2, -0.15) is 0 Å². The van der Waals surface area contributed by atoms with Crippen molar-refractivity contribution in [1.82, 2.24) is 0 Å². The van der Waals surface area contributed by atoms with Crippen LogP contribution in [-0.4, -0.2) is 0 Å². The van der Waals surface area contributed by atoms with Crippen LogP contribution in [0.25, 0.3) is 5.83 Å². The highest BCUT2D eigenvalue weighted by Gasteiger charge is 2.08. The van der Waals surface area contributed by atoms with E-state index in [2.05, 4.69) is 30.9 Å². The molecule has 0 N–H and O–H groups in total. The normalized spacial score (nSPS) is 11.5. The number of hydrogen-bond acceptors (Lipinski definition) is 0. The molecular formula is C23H24F2. The second kappa shape index (κ2) is 9.79. The third-order valence-corrected chi connectivity index (χ3v) is 3.97. The van der Waals surface area contributed by atoms with Gasteiger partial charge in [0.1, 0.15) is 5.83 Å². The van der Waals surface area contributed by atoms with Crippen LogP contribution in [0.3, 0.4) is 0 Å². The van der Waals surface area contributed by atoms with Gasteiger partial charge in [0.15, 0.2) is 5.83 Å². The molecule has 0 saturated heterocycles. The van der Waals surface area contributed by atoms with Crippen LogP contribution >= 0.6 is 0 Å². The van der Waals surface area contributed by atoms with Gasteiger partial charge in [-0.15, -0.1) is 0 Å². The van der Waals surface area contributed by atoms with Gasteiger partial charge in [-0.3, -0.25) is 0 Å². The molecule has 0 aliphatic heterocycles. The Morgan fingerprint density at radius 2 is 1.36 bits per heavy atom. The molecule has 25 heavy (non-hydrogen) atoms. The monoisotopic (exact) mass is 338 g/mol. The van der Waals surface area contributed by atoms with Crippen LogP contribution < -0.4 is 0 Å². The van der Waals surface area contributed by atoms with Crippen molar-refractivity contribution in [2.24, 2.45) is 0 Å². The Morgan fingerprint density at radius 3 is 1.88 bits per heavy atom. The van der Waals surface area contributed by atoms with E-state index in [1.807, 2.05) is 19.1 Å². The predicted molar refractivity (Wildman–Crippen MR) is 102 cm³/mol. The van der Waals surface area contributed by atoms with Gasteiger partial charge < -0.3 is 0 Å². The highest BCUT2D eigenvalue weighted by atomic mass is 19.2. The average molecular weight is 338 g/mol. The van der Waals surface area contributed by atoms with Crippen LogP contribution in [0.15, 0.2) is 54.4 Å². The van der Waals surface area contributed by atoms with Crippen LogP contribution in [0.5, 0.6) is 0 Å². The smallest absolute Gasteiger partial charge is 0.161 e. The molecule has 0 aromatic heterocycles. The highest BCUT2D eigenvalue weighted by molar-refractivity contribution is 5.62. The number of benzene rings is 2. The van der Waals surface area contributed by atoms with E-state index in [-0.39, 0.29) is 12.0 Å². The molecule has 0 spiro atoms. The van der Waals surface area contributed by atoms with Gasteiger partial charge >= 0.3 is 0 Å². The fraction of sp³-hybridized carbons (Fsp3) is 0.304. The van der Waals surface area contributed by atoms with E-state index < -0.39 is 11.7 Å². The van der Waals surface area contributed by atoms with Crippen LogP contribution in [0.4, 0.5) is 8.78 Å². The largest absolute Gasteiger partial charge is 0.209 e. The summed E-state index contributed by atoms with van der Waals surface area (Å²) in [6, 6.07) is 14.8. The van der Waals surface area contributed by atoms with Crippen LogP contribution in [0.1, 0.15) is 61.8 Å². The zero-order valence-corrected chi connectivity index (χ0v) is 14.9. The summed E-state index contributed by atoms with van der Waals surface area (Å²) in [6.07, 6.45) is 3.84. The molecule has 2 heteroatoms. The summed E-state index contributed by atoms with van der Waals surface area (Å²) < 4.78 is 27.7. The molecule has 0 aliphatic carbocycles. The summed E-state index contributed by atoms with van der Waals surface area (Å²) >= 11 is 0. The van der Waals surface area contributed by atoms with Crippen LogP contribution in [0, 0.1) is 11.8 Å². The van der Waals surface area contributed by atoms with Crippen molar-refractivity contribution in [2.45, 2.75) is 46.0 Å². The van der Waals surface area contributed by atoms with Gasteiger partial charge in [0.05, 0.1) is 0 Å². The molecule has 0 bridgehead atoms. The maximum absolute atomic E-state index is 14.0. The average Bonchev–Trinajstić information content (AvgIpc) is 2.65. The number of aryl methyl sites for hydroxylation is 1. The SMILES string of the molecule is CCCC/C(F)=C(\F)c1ccc(C#Cc2ccc(CCC)cc2)cc1. The zero-order valence-electron chi connectivity index (χ0n) is 14.9. The van der Waals surface area contributed by atoms with Crippen molar-refractivity contribution in [2.75, 3.05) is 0 Å². The van der Waals surface area contributed by atoms with E-state index in [0.717, 1.165) is 30.4 Å². The molecular weight excluding hydrogens is 314 g/mol. The van der Waals surface area contributed by atoms with Crippen molar-refractivity contribution in [3.05, 3.63) is 76.6 Å². The van der Waals surface area contributed by atoms with Gasteiger partial charge in [0.25, 0.3) is 0 Å². The molecule has 2 aromatic carbocycles. The third kappa shape index (κ3) is 5.87. The molecule has 0 fully saturated rings. The first-order valence-electron chi connectivity index (χ1n) is 8.89. The molecule has 2 rings (SSSR count). The van der Waals surface area contributed by atoms with E-state index in [9.17, 15) is 8.78 Å². The maximum atomic E-state index is 14.0. The summed E-state index contributed by atoms with van der Waals surface area (Å²) in [5.74, 6) is 4.72. The lowest BCUT2D eigenvalue weighted by atomic mass is 10.1. The second-order valence-electron chi connectivity index (χ2n) is 6.10. The predicted octanol–water partition coefficient (Wildman–Crippen LogP) is 6.84. The van der Waals surface area contributed by atoms with E-state index in [0.29, 0.717) is 6.42 Å². The van der Waals surface area contributed by atoms with Gasteiger partial charge in [0.2, 0.25) is 0 Å². The number of unbranched alkanes of at least 4 members (excludes halogenated alkanes) is 1. The Hall–Kier alpha value is -2.40. The number of rotatable bonds is 6. The zero-order chi connectivity index (χ0) is 18.1. The van der Waals surface area contributed by atoms with Crippen molar-refractivity contribution >= 4 is 5.83 Å². The first-order valence-corrected chi connectivity index (χ1v) is 8.89. The third-order valence-electron chi connectivity index (χ3n) is 3.97. The molecule has 2 aromatic rings. The molecule has 0 heterocycles. The maximum Gasteiger partial charge on any atom is 0.161 e. The Labute approximate surface area is 149 Å². The van der Waals surface area contributed by atoms with Crippen LogP contribution in [-0.2, 0) is 6.42 Å². The molecule has 0 atom stereocenters. The molecule has 0 nitrogen and oxygen atoms in total. The summed E-state index contributed by atoms with van der Waals surface area (Å²) in [7, 11) is 0. The van der Waals surface area contributed by atoms with Gasteiger partial charge in [-0.05, 0) is 42.7 Å². The minimum atomic E-state index is -0.764. The molecule has 0 radical (unpaired) electrons. The van der Waals surface area contributed by atoms with Gasteiger partial charge in [-0.1, -0.05) is 62.8 Å². The van der Waals surface area contributed by atoms with Crippen molar-refractivity contribution in [3.8, 4) is 11.8 Å². The van der Waals surface area contributed by atoms with Crippen molar-refractivity contribution < 1.29 is 8.78 Å². The Morgan fingerprint density at radius 1 is 0.800 bits per heavy atom. The first kappa shape index (κ1) is 18.9. The fourth-order valence-electron chi connectivity index (χ4n) is 2.49. The lowest BCUT2D eigenvalue weighted by Gasteiger charge is -2.01. The number of allylic oxidation sites excluding steroid dienone is 1. The van der Waals surface area contributed by atoms with E-state index in [1.54, 1.807) is 24.3 Å². The molecule has 0 aliphatic rings. The van der Waals surface area contributed by atoms with Crippen molar-refractivity contribution in [3.63, 3.8) is 0 Å². The van der Waals surface area contributed by atoms with E-state index in [1.165, 1.54) is 5.56 Å². The summed E-state index contributed by atoms with van der Waals surface area (Å²) in [5.41, 5.74) is 3.30. The molecule has 0 amide bonds. The van der Waals surface area contributed by atoms with Crippen LogP contribution in [0.2, 0.25) is 0 Å².